The Labute approximate surface area is 705 Å². The normalized spacial score (nSPS) is 12.6. The van der Waals surface area contributed by atoms with Crippen LogP contribution in [0.15, 0.2) is 91.0 Å². The van der Waals surface area contributed by atoms with Gasteiger partial charge in [-0.05, 0) is 105 Å². The molecule has 3 aromatic carbocycles. The summed E-state index contributed by atoms with van der Waals surface area (Å²) >= 11 is 0. The number of methoxy groups -OCH3 is 1. The van der Waals surface area contributed by atoms with Crippen LogP contribution in [0.2, 0.25) is 0 Å². The van der Waals surface area contributed by atoms with Crippen molar-refractivity contribution in [1.82, 2.24) is 47.9 Å². The topological polar surface area (TPSA) is 464 Å². The average Bonchev–Trinajstić information content (AvgIpc) is 0.874. The molecule has 0 aliphatic rings. The van der Waals surface area contributed by atoms with Crippen LogP contribution in [0, 0.1) is 35.5 Å². The molecule has 3 rings (SSSR count). The van der Waals surface area contributed by atoms with Crippen molar-refractivity contribution in [3.63, 3.8) is 0 Å². The van der Waals surface area contributed by atoms with Crippen molar-refractivity contribution in [2.75, 3.05) is 132 Å². The summed E-state index contributed by atoms with van der Waals surface area (Å²) in [5.41, 5.74) is 7.77. The van der Waals surface area contributed by atoms with Crippen molar-refractivity contribution in [2.45, 2.75) is 182 Å². The number of carbonyl (C=O) groups excluding carboxylic acids is 15. The Bertz CT molecular complexity index is 3560. The lowest BCUT2D eigenvalue weighted by Gasteiger charge is -2.23. The maximum Gasteiger partial charge on any atom is 0.407 e. The zero-order valence-corrected chi connectivity index (χ0v) is 71.2. The highest BCUT2D eigenvalue weighted by Crippen LogP contribution is 2.21. The van der Waals surface area contributed by atoms with Gasteiger partial charge >= 0.3 is 18.3 Å². The molecular formula is C87H132N10O23. The summed E-state index contributed by atoms with van der Waals surface area (Å²) in [4.78, 5) is 198. The van der Waals surface area contributed by atoms with E-state index in [-0.39, 0.29) is 203 Å². The van der Waals surface area contributed by atoms with Gasteiger partial charge in [0.2, 0.25) is 35.4 Å². The number of ether oxygens (including phenoxy) is 8. The van der Waals surface area contributed by atoms with Gasteiger partial charge in [-0.2, -0.15) is 0 Å². The highest BCUT2D eigenvalue weighted by Gasteiger charge is 2.33. The van der Waals surface area contributed by atoms with Gasteiger partial charge in [0.15, 0.2) is 34.7 Å². The first-order chi connectivity index (χ1) is 57.6. The van der Waals surface area contributed by atoms with Crippen LogP contribution in [0.3, 0.4) is 0 Å². The summed E-state index contributed by atoms with van der Waals surface area (Å²) in [6.45, 7) is 13.3. The second-order valence-electron chi connectivity index (χ2n) is 30.5. The molecule has 33 heteroatoms. The van der Waals surface area contributed by atoms with Crippen molar-refractivity contribution in [2.24, 2.45) is 41.2 Å². The number of hydrogen-bond acceptors (Lipinski definition) is 24. The number of alkyl carbamates (subject to hydrolysis) is 3. The Morgan fingerprint density at radius 1 is 0.325 bits per heavy atom. The van der Waals surface area contributed by atoms with Gasteiger partial charge in [-0.1, -0.05) is 133 Å². The molecule has 6 unspecified atom stereocenters. The van der Waals surface area contributed by atoms with Gasteiger partial charge in [0.25, 0.3) is 0 Å². The Balaban J connectivity index is 1.36. The van der Waals surface area contributed by atoms with Crippen LogP contribution >= 0.6 is 0 Å². The molecule has 0 radical (unpaired) electrons. The fraction of sp³-hybridized carbons (Fsp3) is 0.621. The van der Waals surface area contributed by atoms with E-state index >= 15 is 0 Å². The van der Waals surface area contributed by atoms with Gasteiger partial charge in [0, 0.05) is 129 Å². The lowest BCUT2D eigenvalue weighted by atomic mass is 9.91. The Morgan fingerprint density at radius 2 is 0.592 bits per heavy atom. The van der Waals surface area contributed by atoms with Crippen molar-refractivity contribution in [3.8, 4) is 0 Å². The van der Waals surface area contributed by atoms with Crippen molar-refractivity contribution in [1.29, 1.82) is 0 Å². The maximum absolute atomic E-state index is 14.0. The minimum atomic E-state index is -0.970. The molecule has 668 valence electrons. The van der Waals surface area contributed by atoms with Crippen molar-refractivity contribution >= 4 is 88.4 Å². The molecule has 120 heavy (non-hydrogen) atoms. The fourth-order valence-electron chi connectivity index (χ4n) is 12.3. The molecule has 11 N–H and O–H groups in total. The van der Waals surface area contributed by atoms with E-state index in [4.69, 9.17) is 43.6 Å². The number of hydrogen-bond donors (Lipinski definition) is 10. The molecule has 0 fully saturated rings. The third kappa shape index (κ3) is 51.5. The summed E-state index contributed by atoms with van der Waals surface area (Å²) < 4.78 is 42.2. The molecule has 0 saturated carbocycles. The number of amides is 9. The van der Waals surface area contributed by atoms with E-state index in [1.807, 2.05) is 77.9 Å². The highest BCUT2D eigenvalue weighted by atomic mass is 16.6. The molecule has 0 spiro atoms. The molecule has 0 aromatic heterocycles. The predicted molar refractivity (Wildman–Crippen MR) is 446 cm³/mol. The predicted octanol–water partition coefficient (Wildman–Crippen LogP) is 5.84. The van der Waals surface area contributed by atoms with E-state index in [1.165, 1.54) is 0 Å². The van der Waals surface area contributed by atoms with Crippen LogP contribution in [0.5, 0.6) is 0 Å². The van der Waals surface area contributed by atoms with Gasteiger partial charge in [-0.25, -0.2) is 14.4 Å². The summed E-state index contributed by atoms with van der Waals surface area (Å²) in [7, 11) is 1.58. The van der Waals surface area contributed by atoms with Crippen LogP contribution in [0.1, 0.15) is 161 Å². The maximum atomic E-state index is 14.0. The fourth-order valence-corrected chi connectivity index (χ4v) is 12.3. The second-order valence-corrected chi connectivity index (χ2v) is 30.5. The van der Waals surface area contributed by atoms with E-state index in [1.54, 1.807) is 61.7 Å². The van der Waals surface area contributed by atoms with Gasteiger partial charge < -0.3 is 91.5 Å². The molecule has 33 nitrogen and oxygen atoms in total. The van der Waals surface area contributed by atoms with Crippen LogP contribution < -0.4 is 53.6 Å². The van der Waals surface area contributed by atoms with Gasteiger partial charge in [-0.3, -0.25) is 57.5 Å². The van der Waals surface area contributed by atoms with E-state index in [0.29, 0.717) is 71.6 Å². The van der Waals surface area contributed by atoms with Crippen LogP contribution in [-0.2, 0) is 115 Å². The number of ketones is 6. The summed E-state index contributed by atoms with van der Waals surface area (Å²) in [5, 5.41) is 24.0. The Morgan fingerprint density at radius 3 is 0.850 bits per heavy atom. The number of rotatable bonds is 69. The van der Waals surface area contributed by atoms with Crippen molar-refractivity contribution < 1.29 is 110 Å². The first kappa shape index (κ1) is 104. The first-order valence-corrected chi connectivity index (χ1v) is 41.8. The number of carbonyl (C=O) groups is 15. The molecular weight excluding hydrogens is 1550 g/mol. The molecule has 9 amide bonds. The SMILES string of the molecule is COCCOCCCNC(=O)CCC(=O)C(CC(C)C)NC(=O)C(CC(=O)CNC(=O)OCCOCCCNC(=O)CCC(=O)C(CC(C)C)NC(=O)C(CC(=O)CNC(=O)OCCOCCCNC(=O)CCC(=O)C(CC(C)C)NC(=O)C(CC(=O)CNC(=O)OCCOCCCN)Cc1ccccc1)Cc1ccccc1)Cc1ccccc1. The molecule has 0 heterocycles. The van der Waals surface area contributed by atoms with E-state index in [2.05, 4.69) is 47.9 Å². The van der Waals surface area contributed by atoms with Crippen molar-refractivity contribution in [3.05, 3.63) is 108 Å². The van der Waals surface area contributed by atoms with Crippen LogP contribution in [0.4, 0.5) is 14.4 Å². The third-order valence-corrected chi connectivity index (χ3v) is 18.5. The third-order valence-electron chi connectivity index (χ3n) is 18.5. The van der Waals surface area contributed by atoms with Gasteiger partial charge in [0.05, 0.1) is 70.8 Å². The standard InChI is InChI=1S/C87H132N10O23/c1-61(2)49-73(76(101)27-30-79(104)89-34-18-38-115-42-41-113-7)95-83(108)68(53-65-23-13-9-14-24-65)56-71(99)59-93-86(111)119-47-44-117-40-20-36-91-81(106)32-29-78(103)75(51-63(5)6)97-84(109)69(54-66-25-15-10-16-26-66)57-72(100)60-94-87(112)120-48-45-116-39-19-35-90-80(105)31-28-77(102)74(50-62(3)4)96-82(107)67(52-64-21-11-8-12-22-64)55-70(98)58-92-85(110)118-46-43-114-37-17-33-88/h8-16,21-26,61-63,67-69,73-75H,17-20,27-60,88H2,1-7H3,(H,89,104)(H,90,105)(H,91,106)(H,92,110)(H,93,111)(H,94,112)(H,95,108)(H,96,107)(H,97,109). The zero-order chi connectivity index (χ0) is 88.1. The molecule has 0 saturated heterocycles. The highest BCUT2D eigenvalue weighted by molar-refractivity contribution is 5.97. The quantitative estimate of drug-likeness (QED) is 0.0234. The Kier molecular flexibility index (Phi) is 55.6. The van der Waals surface area contributed by atoms with Crippen LogP contribution in [-0.4, -0.2) is 239 Å². The van der Waals surface area contributed by atoms with Gasteiger partial charge in [-0.15, -0.1) is 0 Å². The first-order valence-electron chi connectivity index (χ1n) is 41.8. The lowest BCUT2D eigenvalue weighted by molar-refractivity contribution is -0.133. The number of benzene rings is 3. The minimum absolute atomic E-state index is 0.00464. The molecule has 3 aromatic rings. The Hall–Kier alpha value is -9.93. The molecule has 0 bridgehead atoms. The molecule has 6 atom stereocenters. The zero-order valence-electron chi connectivity index (χ0n) is 71.2. The van der Waals surface area contributed by atoms with E-state index < -0.39 is 114 Å². The smallest absolute Gasteiger partial charge is 0.407 e. The van der Waals surface area contributed by atoms with E-state index in [0.717, 1.165) is 16.7 Å². The number of nitrogens with one attached hydrogen (secondary N) is 9. The summed E-state index contributed by atoms with van der Waals surface area (Å²) in [6.07, 6.45) is -0.827. The van der Waals surface area contributed by atoms with Gasteiger partial charge in [0.1, 0.15) is 19.8 Å². The number of Topliss-reactive ketones (excluding diaryl/α,β-unsaturated/α-hetero) is 6. The van der Waals surface area contributed by atoms with Crippen LogP contribution in [0.25, 0.3) is 0 Å². The largest absolute Gasteiger partial charge is 0.447 e. The second kappa shape index (κ2) is 64.0. The monoisotopic (exact) mass is 1680 g/mol. The average molecular weight is 1690 g/mol. The summed E-state index contributed by atoms with van der Waals surface area (Å²) in [5.74, 6) is -7.83. The number of nitrogens with two attached hydrogens (primary N) is 1. The summed E-state index contributed by atoms with van der Waals surface area (Å²) in [6, 6.07) is 24.3. The van der Waals surface area contributed by atoms with E-state index in [9.17, 15) is 71.9 Å². The molecule has 0 aliphatic heterocycles. The molecule has 0 aliphatic carbocycles. The lowest BCUT2D eigenvalue weighted by Crippen LogP contribution is -2.46. The minimum Gasteiger partial charge on any atom is -0.447 e.